The lowest BCUT2D eigenvalue weighted by Gasteiger charge is -2.16. The summed E-state index contributed by atoms with van der Waals surface area (Å²) in [5.41, 5.74) is 0.798. The second-order valence-corrected chi connectivity index (χ2v) is 3.07. The average molecular weight is 235 g/mol. The normalized spacial score (nSPS) is 9.41. The van der Waals surface area contributed by atoms with Crippen molar-refractivity contribution < 1.29 is 19.8 Å². The van der Waals surface area contributed by atoms with E-state index < -0.39 is 18.4 Å². The number of carboxylic acid groups (broad SMARTS) is 2. The van der Waals surface area contributed by atoms with Crippen LogP contribution in [0.3, 0.4) is 0 Å². The number of rotatable bonds is 3. The SMILES string of the molecule is N#Cc1ccc(C(NC(=O)O)NC(=O)O)cc1. The molecule has 0 unspecified atom stereocenters. The molecule has 1 aromatic carbocycles. The van der Waals surface area contributed by atoms with Crippen molar-refractivity contribution >= 4 is 12.2 Å². The van der Waals surface area contributed by atoms with E-state index in [0.717, 1.165) is 0 Å². The maximum Gasteiger partial charge on any atom is 0.406 e. The summed E-state index contributed by atoms with van der Waals surface area (Å²) in [5.74, 6) is 0. The molecule has 0 aliphatic carbocycles. The van der Waals surface area contributed by atoms with E-state index >= 15 is 0 Å². The van der Waals surface area contributed by atoms with Crippen molar-refractivity contribution in [3.05, 3.63) is 35.4 Å². The van der Waals surface area contributed by atoms with Crippen LogP contribution in [0, 0.1) is 11.3 Å². The minimum atomic E-state index is -1.35. The minimum Gasteiger partial charge on any atom is -0.465 e. The molecule has 1 aromatic rings. The lowest BCUT2D eigenvalue weighted by molar-refractivity contribution is 0.176. The molecule has 0 aliphatic rings. The molecule has 0 radical (unpaired) electrons. The Balaban J connectivity index is 2.91. The molecule has 17 heavy (non-hydrogen) atoms. The number of hydrogen-bond donors (Lipinski definition) is 4. The Labute approximate surface area is 96.3 Å². The first-order chi connectivity index (χ1) is 8.02. The average Bonchev–Trinajstić information content (AvgIpc) is 2.27. The van der Waals surface area contributed by atoms with Crippen molar-refractivity contribution in [2.75, 3.05) is 0 Å². The van der Waals surface area contributed by atoms with Gasteiger partial charge in [-0.25, -0.2) is 9.59 Å². The van der Waals surface area contributed by atoms with Crippen LogP contribution in [-0.4, -0.2) is 22.4 Å². The first-order valence-corrected chi connectivity index (χ1v) is 4.52. The number of benzene rings is 1. The molecule has 1 rings (SSSR count). The molecule has 0 heterocycles. The van der Waals surface area contributed by atoms with Gasteiger partial charge in [-0.15, -0.1) is 0 Å². The molecule has 7 heteroatoms. The number of carbonyl (C=O) groups is 2. The van der Waals surface area contributed by atoms with E-state index in [0.29, 0.717) is 11.1 Å². The van der Waals surface area contributed by atoms with Crippen LogP contribution in [0.4, 0.5) is 9.59 Å². The molecule has 0 fully saturated rings. The fourth-order valence-corrected chi connectivity index (χ4v) is 1.20. The van der Waals surface area contributed by atoms with Gasteiger partial charge in [0.15, 0.2) is 0 Å². The zero-order valence-corrected chi connectivity index (χ0v) is 8.54. The van der Waals surface area contributed by atoms with Crippen LogP contribution in [0.2, 0.25) is 0 Å². The van der Waals surface area contributed by atoms with E-state index in [1.54, 1.807) is 0 Å². The highest BCUT2D eigenvalue weighted by molar-refractivity contribution is 5.69. The monoisotopic (exact) mass is 235 g/mol. The highest BCUT2D eigenvalue weighted by Crippen LogP contribution is 2.11. The molecule has 4 N–H and O–H groups in total. The van der Waals surface area contributed by atoms with Gasteiger partial charge in [0.05, 0.1) is 11.6 Å². The van der Waals surface area contributed by atoms with Crippen molar-refractivity contribution in [2.24, 2.45) is 0 Å². The molecule has 0 spiro atoms. The van der Waals surface area contributed by atoms with E-state index in [2.05, 4.69) is 0 Å². The van der Waals surface area contributed by atoms with E-state index in [1.807, 2.05) is 16.7 Å². The molecule has 0 saturated carbocycles. The smallest absolute Gasteiger partial charge is 0.406 e. The van der Waals surface area contributed by atoms with Crippen molar-refractivity contribution in [3.8, 4) is 6.07 Å². The fraction of sp³-hybridized carbons (Fsp3) is 0.100. The molecular formula is C10H9N3O4. The number of amides is 2. The van der Waals surface area contributed by atoms with Crippen LogP contribution < -0.4 is 10.6 Å². The third-order valence-electron chi connectivity index (χ3n) is 1.91. The maximum absolute atomic E-state index is 10.5. The first-order valence-electron chi connectivity index (χ1n) is 4.52. The number of nitriles is 1. The van der Waals surface area contributed by atoms with Crippen LogP contribution in [0.5, 0.6) is 0 Å². The Kier molecular flexibility index (Phi) is 3.89. The molecule has 2 amide bonds. The predicted octanol–water partition coefficient (Wildman–Crippen LogP) is 1.09. The molecule has 7 nitrogen and oxygen atoms in total. The fourth-order valence-electron chi connectivity index (χ4n) is 1.20. The molecule has 0 saturated heterocycles. The zero-order valence-electron chi connectivity index (χ0n) is 8.54. The van der Waals surface area contributed by atoms with Crippen LogP contribution in [0.25, 0.3) is 0 Å². The van der Waals surface area contributed by atoms with Gasteiger partial charge in [0.1, 0.15) is 6.17 Å². The third kappa shape index (κ3) is 3.71. The van der Waals surface area contributed by atoms with Crippen LogP contribution in [-0.2, 0) is 0 Å². The van der Waals surface area contributed by atoms with E-state index in [-0.39, 0.29) is 0 Å². The van der Waals surface area contributed by atoms with E-state index in [9.17, 15) is 9.59 Å². The summed E-state index contributed by atoms with van der Waals surface area (Å²) in [6, 6.07) is 7.77. The number of hydrogen-bond acceptors (Lipinski definition) is 3. The van der Waals surface area contributed by atoms with Crippen molar-refractivity contribution in [1.82, 2.24) is 10.6 Å². The van der Waals surface area contributed by atoms with Crippen molar-refractivity contribution in [2.45, 2.75) is 6.17 Å². The lowest BCUT2D eigenvalue weighted by atomic mass is 10.1. The molecule has 88 valence electrons. The predicted molar refractivity (Wildman–Crippen MR) is 56.2 cm³/mol. The number of nitrogens with zero attached hydrogens (tertiary/aromatic N) is 1. The Bertz CT molecular complexity index is 447. The highest BCUT2D eigenvalue weighted by Gasteiger charge is 2.15. The van der Waals surface area contributed by atoms with Gasteiger partial charge in [-0.1, -0.05) is 12.1 Å². The number of nitrogens with one attached hydrogen (secondary N) is 2. The zero-order chi connectivity index (χ0) is 12.8. The highest BCUT2D eigenvalue weighted by atomic mass is 16.4. The van der Waals surface area contributed by atoms with Crippen LogP contribution in [0.15, 0.2) is 24.3 Å². The van der Waals surface area contributed by atoms with Gasteiger partial charge >= 0.3 is 12.2 Å². The van der Waals surface area contributed by atoms with Gasteiger partial charge in [0.2, 0.25) is 0 Å². The second-order valence-electron chi connectivity index (χ2n) is 3.07. The summed E-state index contributed by atoms with van der Waals surface area (Å²) < 4.78 is 0. The van der Waals surface area contributed by atoms with Gasteiger partial charge in [0.25, 0.3) is 0 Å². The first kappa shape index (κ1) is 12.3. The Morgan fingerprint density at radius 2 is 1.59 bits per heavy atom. The van der Waals surface area contributed by atoms with Gasteiger partial charge in [-0.3, -0.25) is 10.6 Å². The summed E-state index contributed by atoms with van der Waals surface area (Å²) in [4.78, 5) is 21.0. The molecule has 0 bridgehead atoms. The minimum absolute atomic E-state index is 0.397. The van der Waals surface area contributed by atoms with Gasteiger partial charge in [0, 0.05) is 0 Å². The Morgan fingerprint density at radius 3 is 1.94 bits per heavy atom. The molecule has 0 aliphatic heterocycles. The molecule has 0 aromatic heterocycles. The van der Waals surface area contributed by atoms with E-state index in [1.165, 1.54) is 24.3 Å². The summed E-state index contributed by atoms with van der Waals surface area (Å²) >= 11 is 0. The van der Waals surface area contributed by atoms with E-state index in [4.69, 9.17) is 15.5 Å². The van der Waals surface area contributed by atoms with Crippen LogP contribution in [0.1, 0.15) is 17.3 Å². The quantitative estimate of drug-likeness (QED) is 0.584. The van der Waals surface area contributed by atoms with Crippen LogP contribution >= 0.6 is 0 Å². The lowest BCUT2D eigenvalue weighted by Crippen LogP contribution is -2.39. The largest absolute Gasteiger partial charge is 0.465 e. The van der Waals surface area contributed by atoms with Gasteiger partial charge < -0.3 is 10.2 Å². The summed E-state index contributed by atoms with van der Waals surface area (Å²) in [6.07, 6.45) is -3.78. The van der Waals surface area contributed by atoms with Crippen molar-refractivity contribution in [3.63, 3.8) is 0 Å². The Hall–Kier alpha value is -2.75. The summed E-state index contributed by atoms with van der Waals surface area (Å²) in [6.45, 7) is 0. The Morgan fingerprint density at radius 1 is 1.12 bits per heavy atom. The summed E-state index contributed by atoms with van der Waals surface area (Å²) in [5, 5.41) is 29.7. The third-order valence-corrected chi connectivity index (χ3v) is 1.91. The summed E-state index contributed by atoms with van der Waals surface area (Å²) in [7, 11) is 0. The van der Waals surface area contributed by atoms with Gasteiger partial charge in [-0.2, -0.15) is 5.26 Å². The topological polar surface area (TPSA) is 122 Å². The van der Waals surface area contributed by atoms with Crippen molar-refractivity contribution in [1.29, 1.82) is 5.26 Å². The van der Waals surface area contributed by atoms with Gasteiger partial charge in [-0.05, 0) is 17.7 Å². The second kappa shape index (κ2) is 5.37. The molecular weight excluding hydrogens is 226 g/mol. The molecule has 0 atom stereocenters. The maximum atomic E-state index is 10.5. The standard InChI is InChI=1S/C10H9N3O4/c11-5-6-1-3-7(4-2-6)8(12-9(14)15)13-10(16)17/h1-4,8,12-13H,(H,14,15)(H,16,17).